The first-order valence-corrected chi connectivity index (χ1v) is 8.96. The monoisotopic (exact) mass is 323 g/mol. The second-order valence-corrected chi connectivity index (χ2v) is 6.62. The van der Waals surface area contributed by atoms with E-state index in [1.165, 1.54) is 22.4 Å². The number of nitrogens with one attached hydrogen (secondary N) is 2. The van der Waals surface area contributed by atoms with Crippen molar-refractivity contribution in [3.8, 4) is 0 Å². The summed E-state index contributed by atoms with van der Waals surface area (Å²) in [6.45, 7) is 6.20. The van der Waals surface area contributed by atoms with Crippen LogP contribution in [-0.2, 0) is 25.8 Å². The van der Waals surface area contributed by atoms with Crippen LogP contribution in [0.25, 0.3) is 0 Å². The van der Waals surface area contributed by atoms with Crippen molar-refractivity contribution in [1.82, 2.24) is 20.2 Å². The van der Waals surface area contributed by atoms with E-state index >= 15 is 0 Å². The van der Waals surface area contributed by atoms with E-state index in [1.54, 1.807) is 6.33 Å². The summed E-state index contributed by atoms with van der Waals surface area (Å²) in [5.74, 6) is 1.03. The summed E-state index contributed by atoms with van der Waals surface area (Å²) in [6, 6.07) is 8.80. The van der Waals surface area contributed by atoms with Crippen LogP contribution in [0.1, 0.15) is 22.4 Å². The zero-order valence-corrected chi connectivity index (χ0v) is 14.1. The van der Waals surface area contributed by atoms with Crippen LogP contribution in [0.15, 0.2) is 30.6 Å². The quantitative estimate of drug-likeness (QED) is 0.896. The number of rotatable bonds is 4. The summed E-state index contributed by atoms with van der Waals surface area (Å²) in [4.78, 5) is 11.5. The average Bonchev–Trinajstić information content (AvgIpc) is 2.88. The van der Waals surface area contributed by atoms with Gasteiger partial charge in [0.25, 0.3) is 0 Å². The van der Waals surface area contributed by atoms with Gasteiger partial charge in [0.15, 0.2) is 0 Å². The van der Waals surface area contributed by atoms with Crippen molar-refractivity contribution in [2.24, 2.45) is 0 Å². The summed E-state index contributed by atoms with van der Waals surface area (Å²) >= 11 is 0. The molecule has 0 unspecified atom stereocenters. The SMILES string of the molecule is c1ccc2c(c1)CCN(CCNc1ncnc3c1CCNCC3)C2. The molecule has 0 aliphatic carbocycles. The standard InChI is InChI=1S/C19H25N5/c1-2-4-16-13-24(11-7-15(16)3-1)12-10-21-19-17-5-8-20-9-6-18(17)22-14-23-19/h1-4,14,20H,5-13H2,(H,21,22,23). The molecule has 4 rings (SSSR count). The molecule has 2 N–H and O–H groups in total. The van der Waals surface area contributed by atoms with Gasteiger partial charge in [-0.15, -0.1) is 0 Å². The van der Waals surface area contributed by atoms with Crippen LogP contribution < -0.4 is 10.6 Å². The van der Waals surface area contributed by atoms with Crippen LogP contribution in [0.2, 0.25) is 0 Å². The van der Waals surface area contributed by atoms with E-state index in [1.807, 2.05) is 0 Å². The largest absolute Gasteiger partial charge is 0.368 e. The minimum atomic E-state index is 0.930. The topological polar surface area (TPSA) is 53.1 Å². The highest BCUT2D eigenvalue weighted by Crippen LogP contribution is 2.19. The molecule has 2 aromatic rings. The molecule has 1 aromatic heterocycles. The third-order valence-corrected chi connectivity index (χ3v) is 5.06. The lowest BCUT2D eigenvalue weighted by Gasteiger charge is -2.28. The Balaban J connectivity index is 1.35. The fourth-order valence-electron chi connectivity index (χ4n) is 3.70. The molecule has 0 fully saturated rings. The Morgan fingerprint density at radius 3 is 2.88 bits per heavy atom. The van der Waals surface area contributed by atoms with Crippen molar-refractivity contribution in [3.63, 3.8) is 0 Å². The lowest BCUT2D eigenvalue weighted by Crippen LogP contribution is -2.34. The lowest BCUT2D eigenvalue weighted by atomic mass is 10.00. The van der Waals surface area contributed by atoms with Gasteiger partial charge in [-0.05, 0) is 30.5 Å². The average molecular weight is 323 g/mol. The van der Waals surface area contributed by atoms with Crippen molar-refractivity contribution in [1.29, 1.82) is 0 Å². The second-order valence-electron chi connectivity index (χ2n) is 6.62. The molecule has 2 aliphatic heterocycles. The molecular weight excluding hydrogens is 298 g/mol. The molecule has 5 heteroatoms. The Hall–Kier alpha value is -1.98. The van der Waals surface area contributed by atoms with Crippen molar-refractivity contribution in [2.75, 3.05) is 38.0 Å². The van der Waals surface area contributed by atoms with E-state index in [4.69, 9.17) is 0 Å². The van der Waals surface area contributed by atoms with Gasteiger partial charge in [-0.25, -0.2) is 9.97 Å². The molecule has 0 atom stereocenters. The van der Waals surface area contributed by atoms with Crippen LogP contribution in [0.3, 0.4) is 0 Å². The van der Waals surface area contributed by atoms with E-state index in [2.05, 4.69) is 49.8 Å². The number of hydrogen-bond donors (Lipinski definition) is 2. The minimum absolute atomic E-state index is 0.930. The van der Waals surface area contributed by atoms with Crippen LogP contribution >= 0.6 is 0 Å². The van der Waals surface area contributed by atoms with E-state index in [0.717, 1.165) is 64.3 Å². The van der Waals surface area contributed by atoms with Crippen molar-refractivity contribution < 1.29 is 0 Å². The highest BCUT2D eigenvalue weighted by Gasteiger charge is 2.16. The highest BCUT2D eigenvalue weighted by molar-refractivity contribution is 5.46. The first-order chi connectivity index (χ1) is 11.9. The maximum atomic E-state index is 4.48. The van der Waals surface area contributed by atoms with E-state index in [0.29, 0.717) is 0 Å². The smallest absolute Gasteiger partial charge is 0.132 e. The van der Waals surface area contributed by atoms with E-state index in [-0.39, 0.29) is 0 Å². The molecule has 0 radical (unpaired) electrons. The fourth-order valence-corrected chi connectivity index (χ4v) is 3.70. The normalized spacial score (nSPS) is 17.7. The Bertz CT molecular complexity index is 700. The number of anilines is 1. The summed E-state index contributed by atoms with van der Waals surface area (Å²) in [7, 11) is 0. The molecule has 24 heavy (non-hydrogen) atoms. The Labute approximate surface area is 143 Å². The van der Waals surface area contributed by atoms with Gasteiger partial charge in [-0.3, -0.25) is 4.90 Å². The molecule has 126 valence electrons. The molecule has 0 saturated heterocycles. The summed E-state index contributed by atoms with van der Waals surface area (Å²) < 4.78 is 0. The molecule has 0 spiro atoms. The highest BCUT2D eigenvalue weighted by atomic mass is 15.1. The molecule has 0 amide bonds. The third-order valence-electron chi connectivity index (χ3n) is 5.06. The van der Waals surface area contributed by atoms with Gasteiger partial charge in [0.2, 0.25) is 0 Å². The number of aromatic nitrogens is 2. The first kappa shape index (κ1) is 15.5. The molecule has 1 aromatic carbocycles. The predicted molar refractivity (Wildman–Crippen MR) is 96.2 cm³/mol. The van der Waals surface area contributed by atoms with Crippen LogP contribution in [0.5, 0.6) is 0 Å². The van der Waals surface area contributed by atoms with Crippen molar-refractivity contribution >= 4 is 5.82 Å². The van der Waals surface area contributed by atoms with Gasteiger partial charge in [0, 0.05) is 44.7 Å². The van der Waals surface area contributed by atoms with Crippen molar-refractivity contribution in [2.45, 2.75) is 25.8 Å². The second kappa shape index (κ2) is 7.28. The van der Waals surface area contributed by atoms with Crippen LogP contribution in [-0.4, -0.2) is 47.6 Å². The molecule has 0 saturated carbocycles. The number of fused-ring (bicyclic) bond motifs is 2. The zero-order chi connectivity index (χ0) is 16.2. The summed E-state index contributed by atoms with van der Waals surface area (Å²) in [5, 5.41) is 6.99. The minimum Gasteiger partial charge on any atom is -0.368 e. The predicted octanol–water partition coefficient (Wildman–Crippen LogP) is 1.63. The lowest BCUT2D eigenvalue weighted by molar-refractivity contribution is 0.264. The number of benzene rings is 1. The molecule has 0 bridgehead atoms. The van der Waals surface area contributed by atoms with Gasteiger partial charge < -0.3 is 10.6 Å². The summed E-state index contributed by atoms with van der Waals surface area (Å²) in [6.07, 6.45) is 4.86. The molecule has 2 aliphatic rings. The molecule has 3 heterocycles. The number of nitrogens with zero attached hydrogens (tertiary/aromatic N) is 3. The van der Waals surface area contributed by atoms with Gasteiger partial charge in [-0.1, -0.05) is 24.3 Å². The zero-order valence-electron chi connectivity index (χ0n) is 14.1. The van der Waals surface area contributed by atoms with Crippen LogP contribution in [0.4, 0.5) is 5.82 Å². The fraction of sp³-hybridized carbons (Fsp3) is 0.474. The Morgan fingerprint density at radius 1 is 1.04 bits per heavy atom. The van der Waals surface area contributed by atoms with Crippen LogP contribution in [0, 0.1) is 0 Å². The Kier molecular flexibility index (Phi) is 4.71. The number of hydrogen-bond acceptors (Lipinski definition) is 5. The molecule has 5 nitrogen and oxygen atoms in total. The van der Waals surface area contributed by atoms with Gasteiger partial charge in [0.1, 0.15) is 12.1 Å². The first-order valence-electron chi connectivity index (χ1n) is 8.96. The Morgan fingerprint density at radius 2 is 1.92 bits per heavy atom. The summed E-state index contributed by atoms with van der Waals surface area (Å²) in [5.41, 5.74) is 5.48. The third kappa shape index (κ3) is 3.42. The van der Waals surface area contributed by atoms with Crippen molar-refractivity contribution in [3.05, 3.63) is 53.0 Å². The van der Waals surface area contributed by atoms with Gasteiger partial charge in [-0.2, -0.15) is 0 Å². The van der Waals surface area contributed by atoms with E-state index < -0.39 is 0 Å². The van der Waals surface area contributed by atoms with Gasteiger partial charge >= 0.3 is 0 Å². The maximum absolute atomic E-state index is 4.48. The van der Waals surface area contributed by atoms with Gasteiger partial charge in [0.05, 0.1) is 5.69 Å². The van der Waals surface area contributed by atoms with E-state index in [9.17, 15) is 0 Å². The maximum Gasteiger partial charge on any atom is 0.132 e. The molecular formula is C19H25N5.